The predicted molar refractivity (Wildman–Crippen MR) is 59.8 cm³/mol. The van der Waals surface area contributed by atoms with E-state index >= 15 is 0 Å². The van der Waals surface area contributed by atoms with Crippen molar-refractivity contribution in [1.29, 1.82) is 0 Å². The summed E-state index contributed by atoms with van der Waals surface area (Å²) in [5, 5.41) is 0. The van der Waals surface area contributed by atoms with Crippen molar-refractivity contribution >= 4 is 5.97 Å². The maximum absolute atomic E-state index is 11.6. The topological polar surface area (TPSA) is 32.8 Å². The summed E-state index contributed by atoms with van der Waals surface area (Å²) in [6.45, 7) is 5.96. The average molecular weight is 214 g/mol. The van der Waals surface area contributed by atoms with Gasteiger partial charge in [-0.1, -0.05) is 0 Å². The molecule has 1 aliphatic heterocycles. The fourth-order valence-corrected chi connectivity index (χ4v) is 2.08. The first-order valence-corrected chi connectivity index (χ1v) is 5.39. The molecule has 1 saturated heterocycles. The van der Waals surface area contributed by atoms with Crippen molar-refractivity contribution in [3.63, 3.8) is 0 Å². The van der Waals surface area contributed by atoms with Gasteiger partial charge in [0.15, 0.2) is 0 Å². The molecule has 0 saturated carbocycles. The molecule has 0 spiro atoms. The van der Waals surface area contributed by atoms with Crippen LogP contribution in [-0.2, 0) is 9.53 Å². The predicted octanol–water partition coefficient (Wildman–Crippen LogP) is 0.574. The molecule has 0 radical (unpaired) electrons. The fraction of sp³-hybridized carbons (Fsp3) is 0.909. The fourth-order valence-electron chi connectivity index (χ4n) is 2.08. The number of hydrogen-bond donors (Lipinski definition) is 0. The minimum atomic E-state index is -0.537. The van der Waals surface area contributed by atoms with Crippen LogP contribution in [-0.4, -0.2) is 61.6 Å². The quantitative estimate of drug-likeness (QED) is 0.643. The summed E-state index contributed by atoms with van der Waals surface area (Å²) in [6, 6.07) is 0.448. The molecule has 0 amide bonds. The van der Waals surface area contributed by atoms with Crippen molar-refractivity contribution in [1.82, 2.24) is 9.80 Å². The largest absolute Gasteiger partial charge is 0.468 e. The van der Waals surface area contributed by atoms with Gasteiger partial charge >= 0.3 is 5.97 Å². The molecule has 0 bridgehead atoms. The lowest BCUT2D eigenvalue weighted by atomic mass is 10.0. The Morgan fingerprint density at radius 2 is 2.13 bits per heavy atom. The number of nitrogens with zero attached hydrogens (tertiary/aromatic N) is 2. The Labute approximate surface area is 92.2 Å². The Hall–Kier alpha value is -0.610. The second kappa shape index (κ2) is 4.49. The summed E-state index contributed by atoms with van der Waals surface area (Å²) in [5.74, 6) is -0.167. The number of likely N-dealkylation sites (tertiary alicyclic amines) is 1. The normalized spacial score (nSPS) is 23.5. The highest BCUT2D eigenvalue weighted by molar-refractivity contribution is 5.79. The molecule has 88 valence electrons. The van der Waals surface area contributed by atoms with Crippen molar-refractivity contribution in [2.45, 2.75) is 31.8 Å². The molecule has 1 heterocycles. The Bertz CT molecular complexity index is 241. The van der Waals surface area contributed by atoms with Gasteiger partial charge in [0, 0.05) is 12.6 Å². The van der Waals surface area contributed by atoms with E-state index in [-0.39, 0.29) is 5.97 Å². The third kappa shape index (κ3) is 2.49. The molecule has 4 heteroatoms. The van der Waals surface area contributed by atoms with E-state index in [4.69, 9.17) is 4.74 Å². The van der Waals surface area contributed by atoms with Crippen LogP contribution < -0.4 is 0 Å². The summed E-state index contributed by atoms with van der Waals surface area (Å²) in [4.78, 5) is 16.0. The third-order valence-electron chi connectivity index (χ3n) is 3.48. The lowest BCUT2D eigenvalue weighted by Crippen LogP contribution is -2.53. The zero-order valence-corrected chi connectivity index (χ0v) is 10.4. The van der Waals surface area contributed by atoms with Crippen LogP contribution in [0, 0.1) is 0 Å². The molecule has 0 aromatic heterocycles. The molecule has 15 heavy (non-hydrogen) atoms. The number of likely N-dealkylation sites (N-methyl/N-ethyl adjacent to an activating group) is 2. The maximum Gasteiger partial charge on any atom is 0.325 e. The van der Waals surface area contributed by atoms with Gasteiger partial charge < -0.3 is 9.64 Å². The molecule has 1 aliphatic rings. The average Bonchev–Trinajstić information content (AvgIpc) is 2.62. The van der Waals surface area contributed by atoms with E-state index in [9.17, 15) is 4.79 Å². The van der Waals surface area contributed by atoms with E-state index in [0.717, 1.165) is 19.5 Å². The van der Waals surface area contributed by atoms with Crippen molar-refractivity contribution in [3.8, 4) is 0 Å². The van der Waals surface area contributed by atoms with Gasteiger partial charge in [-0.2, -0.15) is 0 Å². The highest BCUT2D eigenvalue weighted by atomic mass is 16.5. The van der Waals surface area contributed by atoms with Crippen LogP contribution in [0.5, 0.6) is 0 Å². The number of esters is 1. The van der Waals surface area contributed by atoms with Crippen LogP contribution >= 0.6 is 0 Å². The molecule has 1 atom stereocenters. The Balaban J connectivity index is 2.66. The smallest absolute Gasteiger partial charge is 0.325 e. The number of hydrogen-bond acceptors (Lipinski definition) is 4. The number of rotatable bonds is 3. The van der Waals surface area contributed by atoms with Crippen LogP contribution in [0.15, 0.2) is 0 Å². The van der Waals surface area contributed by atoms with Gasteiger partial charge in [0.25, 0.3) is 0 Å². The van der Waals surface area contributed by atoms with Gasteiger partial charge in [-0.25, -0.2) is 0 Å². The third-order valence-corrected chi connectivity index (χ3v) is 3.48. The first-order chi connectivity index (χ1) is 6.89. The molecule has 0 aromatic carbocycles. The van der Waals surface area contributed by atoms with Gasteiger partial charge in [0.2, 0.25) is 0 Å². The van der Waals surface area contributed by atoms with E-state index in [1.54, 1.807) is 0 Å². The van der Waals surface area contributed by atoms with Crippen molar-refractivity contribution in [2.24, 2.45) is 0 Å². The zero-order chi connectivity index (χ0) is 11.6. The highest BCUT2D eigenvalue weighted by Crippen LogP contribution is 2.22. The number of carbonyl (C=O) groups is 1. The number of carbonyl (C=O) groups excluding carboxylic acids is 1. The summed E-state index contributed by atoms with van der Waals surface area (Å²) in [7, 11) is 5.55. The maximum atomic E-state index is 11.6. The first-order valence-electron chi connectivity index (χ1n) is 5.39. The van der Waals surface area contributed by atoms with Crippen molar-refractivity contribution in [3.05, 3.63) is 0 Å². The molecule has 0 N–H and O–H groups in total. The van der Waals surface area contributed by atoms with Crippen LogP contribution in [0.3, 0.4) is 0 Å². The summed E-state index contributed by atoms with van der Waals surface area (Å²) >= 11 is 0. The van der Waals surface area contributed by atoms with E-state index in [2.05, 4.69) is 16.8 Å². The van der Waals surface area contributed by atoms with E-state index in [1.807, 2.05) is 20.9 Å². The van der Waals surface area contributed by atoms with Crippen LogP contribution in [0.4, 0.5) is 0 Å². The molecule has 1 fully saturated rings. The minimum absolute atomic E-state index is 0.167. The van der Waals surface area contributed by atoms with Gasteiger partial charge in [-0.05, 0) is 40.9 Å². The first kappa shape index (κ1) is 12.5. The summed E-state index contributed by atoms with van der Waals surface area (Å²) < 4.78 is 4.83. The molecule has 0 aliphatic carbocycles. The lowest BCUT2D eigenvalue weighted by molar-refractivity contribution is -0.153. The second-order valence-corrected chi connectivity index (χ2v) is 4.87. The molecule has 1 unspecified atom stereocenters. The highest BCUT2D eigenvalue weighted by Gasteiger charge is 2.38. The lowest BCUT2D eigenvalue weighted by Gasteiger charge is -2.37. The molecule has 0 aromatic rings. The van der Waals surface area contributed by atoms with E-state index in [1.165, 1.54) is 7.11 Å². The van der Waals surface area contributed by atoms with Crippen LogP contribution in [0.2, 0.25) is 0 Å². The Morgan fingerprint density at radius 1 is 1.53 bits per heavy atom. The van der Waals surface area contributed by atoms with Crippen LogP contribution in [0.25, 0.3) is 0 Å². The second-order valence-electron chi connectivity index (χ2n) is 4.87. The van der Waals surface area contributed by atoms with E-state index in [0.29, 0.717) is 6.04 Å². The van der Waals surface area contributed by atoms with E-state index < -0.39 is 5.54 Å². The minimum Gasteiger partial charge on any atom is -0.468 e. The summed E-state index contributed by atoms with van der Waals surface area (Å²) in [6.07, 6.45) is 1.12. The molecule has 1 rings (SSSR count). The van der Waals surface area contributed by atoms with Crippen molar-refractivity contribution in [2.75, 3.05) is 34.3 Å². The van der Waals surface area contributed by atoms with Gasteiger partial charge in [-0.3, -0.25) is 9.69 Å². The van der Waals surface area contributed by atoms with Gasteiger partial charge in [-0.15, -0.1) is 0 Å². The monoisotopic (exact) mass is 214 g/mol. The van der Waals surface area contributed by atoms with Gasteiger partial charge in [0.05, 0.1) is 7.11 Å². The number of ether oxygens (including phenoxy) is 1. The van der Waals surface area contributed by atoms with Crippen molar-refractivity contribution < 1.29 is 9.53 Å². The molecular weight excluding hydrogens is 192 g/mol. The molecule has 4 nitrogen and oxygen atoms in total. The SMILES string of the molecule is COC(=O)C(C)(C)N(C)C1CCN(C)C1. The zero-order valence-electron chi connectivity index (χ0n) is 10.4. The standard InChI is InChI=1S/C11H22N2O2/c1-11(2,10(14)15-5)13(4)9-6-7-12(3)8-9/h9H,6-8H2,1-5H3. The van der Waals surface area contributed by atoms with Gasteiger partial charge in [0.1, 0.15) is 5.54 Å². The Kier molecular flexibility index (Phi) is 3.73. The Morgan fingerprint density at radius 3 is 2.53 bits per heavy atom. The number of methoxy groups -OCH3 is 1. The summed E-state index contributed by atoms with van der Waals surface area (Å²) in [5.41, 5.74) is -0.537. The molecular formula is C11H22N2O2. The van der Waals surface area contributed by atoms with Crippen LogP contribution in [0.1, 0.15) is 20.3 Å².